The topological polar surface area (TPSA) is 40.5 Å². The molecule has 1 fully saturated rings. The molecule has 0 radical (unpaired) electrons. The molecule has 5 heteroatoms. The third kappa shape index (κ3) is 3.23. The van der Waals surface area contributed by atoms with Gasteiger partial charge in [0, 0.05) is 29.4 Å². The Bertz CT molecular complexity index is 647. The highest BCUT2D eigenvalue weighted by Crippen LogP contribution is 2.29. The van der Waals surface area contributed by atoms with E-state index >= 15 is 0 Å². The molecular weight excluding hydrogens is 306 g/mol. The summed E-state index contributed by atoms with van der Waals surface area (Å²) in [7, 11) is 0. The molecule has 1 amide bonds. The van der Waals surface area contributed by atoms with Gasteiger partial charge in [-0.15, -0.1) is 11.3 Å². The van der Waals surface area contributed by atoms with E-state index in [1.807, 2.05) is 23.1 Å². The summed E-state index contributed by atoms with van der Waals surface area (Å²) in [5, 5.41) is 13.0. The number of aliphatic hydroxyl groups is 1. The molecular formula is C16H18ClNO2S. The van der Waals surface area contributed by atoms with Crippen LogP contribution < -0.4 is 0 Å². The molecule has 1 aliphatic rings. The van der Waals surface area contributed by atoms with Gasteiger partial charge in [-0.25, -0.2) is 0 Å². The van der Waals surface area contributed by atoms with Crippen molar-refractivity contribution >= 4 is 38.9 Å². The zero-order valence-electron chi connectivity index (χ0n) is 11.7. The number of piperidine rings is 1. The molecule has 1 N–H and O–H groups in total. The third-order valence-electron chi connectivity index (χ3n) is 4.18. The van der Waals surface area contributed by atoms with Crippen LogP contribution in [0.15, 0.2) is 23.6 Å². The number of amides is 1. The van der Waals surface area contributed by atoms with Gasteiger partial charge in [-0.2, -0.15) is 0 Å². The summed E-state index contributed by atoms with van der Waals surface area (Å²) in [6.45, 7) is 1.75. The van der Waals surface area contributed by atoms with Gasteiger partial charge in [-0.05, 0) is 53.3 Å². The quantitative estimate of drug-likeness (QED) is 0.941. The van der Waals surface area contributed by atoms with Crippen LogP contribution in [0, 0.1) is 5.92 Å². The first kappa shape index (κ1) is 14.8. The molecule has 3 rings (SSSR count). The maximum atomic E-state index is 12.4. The number of nitrogens with zero attached hydrogens (tertiary/aromatic N) is 1. The van der Waals surface area contributed by atoms with Crippen LogP contribution >= 0.6 is 22.9 Å². The van der Waals surface area contributed by atoms with Gasteiger partial charge >= 0.3 is 0 Å². The minimum absolute atomic E-state index is 0.172. The molecule has 0 aliphatic carbocycles. The van der Waals surface area contributed by atoms with Crippen molar-refractivity contribution in [2.24, 2.45) is 5.92 Å². The lowest BCUT2D eigenvalue weighted by molar-refractivity contribution is -0.132. The summed E-state index contributed by atoms with van der Waals surface area (Å²) in [6.07, 6.45) is 2.24. The Morgan fingerprint density at radius 3 is 2.86 bits per heavy atom. The molecule has 1 saturated heterocycles. The Morgan fingerprint density at radius 2 is 2.14 bits per heavy atom. The van der Waals surface area contributed by atoms with Crippen LogP contribution in [0.5, 0.6) is 0 Å². The maximum absolute atomic E-state index is 12.4. The van der Waals surface area contributed by atoms with Gasteiger partial charge in [0.25, 0.3) is 0 Å². The van der Waals surface area contributed by atoms with Crippen molar-refractivity contribution < 1.29 is 9.90 Å². The van der Waals surface area contributed by atoms with Crippen LogP contribution in [0.1, 0.15) is 18.4 Å². The first-order valence-corrected chi connectivity index (χ1v) is 8.47. The number of fused-ring (bicyclic) bond motifs is 1. The number of halogens is 1. The summed E-state index contributed by atoms with van der Waals surface area (Å²) < 4.78 is 1.17. The summed E-state index contributed by atoms with van der Waals surface area (Å²) in [5.74, 6) is 0.529. The molecule has 0 atom stereocenters. The molecule has 21 heavy (non-hydrogen) atoms. The fraction of sp³-hybridized carbons (Fsp3) is 0.438. The number of hydrogen-bond acceptors (Lipinski definition) is 3. The van der Waals surface area contributed by atoms with Crippen molar-refractivity contribution in [3.05, 3.63) is 34.2 Å². The Balaban J connectivity index is 1.70. The number of likely N-dealkylation sites (tertiary alicyclic amines) is 1. The number of aliphatic hydroxyl groups excluding tert-OH is 1. The van der Waals surface area contributed by atoms with Gasteiger partial charge < -0.3 is 10.0 Å². The van der Waals surface area contributed by atoms with Gasteiger partial charge in [-0.3, -0.25) is 4.79 Å². The second kappa shape index (κ2) is 6.34. The molecule has 1 aliphatic heterocycles. The van der Waals surface area contributed by atoms with Crippen molar-refractivity contribution in [3.8, 4) is 0 Å². The highest BCUT2D eigenvalue weighted by atomic mass is 35.5. The van der Waals surface area contributed by atoms with Gasteiger partial charge in [0.05, 0.1) is 6.42 Å². The monoisotopic (exact) mass is 323 g/mol. The largest absolute Gasteiger partial charge is 0.396 e. The summed E-state index contributed by atoms with van der Waals surface area (Å²) in [4.78, 5) is 14.3. The van der Waals surface area contributed by atoms with E-state index in [1.165, 1.54) is 4.70 Å². The SMILES string of the molecule is O=C(Cc1csc2ccc(Cl)cc12)N1CCC(CO)CC1. The van der Waals surface area contributed by atoms with Gasteiger partial charge in [0.2, 0.25) is 5.91 Å². The van der Waals surface area contributed by atoms with Gasteiger partial charge in [-0.1, -0.05) is 11.6 Å². The van der Waals surface area contributed by atoms with E-state index in [9.17, 15) is 4.79 Å². The van der Waals surface area contributed by atoms with E-state index in [0.717, 1.165) is 36.9 Å². The van der Waals surface area contributed by atoms with E-state index in [0.29, 0.717) is 17.4 Å². The normalized spacial score (nSPS) is 16.6. The van der Waals surface area contributed by atoms with E-state index in [1.54, 1.807) is 11.3 Å². The molecule has 0 unspecified atom stereocenters. The van der Waals surface area contributed by atoms with Crippen molar-refractivity contribution in [2.45, 2.75) is 19.3 Å². The van der Waals surface area contributed by atoms with Crippen LogP contribution in [0.4, 0.5) is 0 Å². The van der Waals surface area contributed by atoms with E-state index in [4.69, 9.17) is 16.7 Å². The number of thiophene rings is 1. The minimum atomic E-state index is 0.172. The van der Waals surface area contributed by atoms with Crippen molar-refractivity contribution in [2.75, 3.05) is 19.7 Å². The Morgan fingerprint density at radius 1 is 1.38 bits per heavy atom. The van der Waals surface area contributed by atoms with Crippen molar-refractivity contribution in [1.82, 2.24) is 4.90 Å². The maximum Gasteiger partial charge on any atom is 0.227 e. The summed E-state index contributed by atoms with van der Waals surface area (Å²) >= 11 is 7.70. The second-order valence-electron chi connectivity index (χ2n) is 5.58. The fourth-order valence-corrected chi connectivity index (χ4v) is 3.95. The molecule has 112 valence electrons. The molecule has 1 aromatic heterocycles. The average Bonchev–Trinajstić information content (AvgIpc) is 2.89. The van der Waals surface area contributed by atoms with E-state index in [2.05, 4.69) is 5.38 Å². The molecule has 0 saturated carbocycles. The van der Waals surface area contributed by atoms with E-state index in [-0.39, 0.29) is 12.5 Å². The van der Waals surface area contributed by atoms with Crippen molar-refractivity contribution in [3.63, 3.8) is 0 Å². The summed E-state index contributed by atoms with van der Waals surface area (Å²) in [5.41, 5.74) is 1.06. The lowest BCUT2D eigenvalue weighted by atomic mass is 9.97. The molecule has 1 aromatic carbocycles. The number of rotatable bonds is 3. The van der Waals surface area contributed by atoms with E-state index < -0.39 is 0 Å². The molecule has 0 bridgehead atoms. The zero-order chi connectivity index (χ0) is 14.8. The Hall–Kier alpha value is -1.10. The molecule has 2 aromatic rings. The molecule has 2 heterocycles. The highest BCUT2D eigenvalue weighted by molar-refractivity contribution is 7.17. The summed E-state index contributed by atoms with van der Waals surface area (Å²) in [6, 6.07) is 5.82. The lowest BCUT2D eigenvalue weighted by Crippen LogP contribution is -2.39. The minimum Gasteiger partial charge on any atom is -0.396 e. The van der Waals surface area contributed by atoms with Crippen LogP contribution in [0.2, 0.25) is 5.02 Å². The molecule has 0 spiro atoms. The number of hydrogen-bond donors (Lipinski definition) is 1. The predicted molar refractivity (Wildman–Crippen MR) is 86.9 cm³/mol. The number of carbonyl (C=O) groups excluding carboxylic acids is 1. The first-order valence-electron chi connectivity index (χ1n) is 7.21. The zero-order valence-corrected chi connectivity index (χ0v) is 13.3. The van der Waals surface area contributed by atoms with Crippen LogP contribution in [-0.4, -0.2) is 35.6 Å². The third-order valence-corrected chi connectivity index (χ3v) is 5.43. The van der Waals surface area contributed by atoms with Crippen LogP contribution in [0.3, 0.4) is 0 Å². The predicted octanol–water partition coefficient (Wildman–Crippen LogP) is 3.33. The van der Waals surface area contributed by atoms with Crippen LogP contribution in [0.25, 0.3) is 10.1 Å². The first-order chi connectivity index (χ1) is 10.2. The highest BCUT2D eigenvalue weighted by Gasteiger charge is 2.22. The molecule has 3 nitrogen and oxygen atoms in total. The Kier molecular flexibility index (Phi) is 4.48. The van der Waals surface area contributed by atoms with Gasteiger partial charge in [0.1, 0.15) is 0 Å². The van der Waals surface area contributed by atoms with Crippen LogP contribution in [-0.2, 0) is 11.2 Å². The second-order valence-corrected chi connectivity index (χ2v) is 6.93. The lowest BCUT2D eigenvalue weighted by Gasteiger charge is -2.31. The average molecular weight is 324 g/mol. The van der Waals surface area contributed by atoms with Gasteiger partial charge in [0.15, 0.2) is 0 Å². The fourth-order valence-electron chi connectivity index (χ4n) is 2.83. The standard InChI is InChI=1S/C16H18ClNO2S/c17-13-1-2-15-14(8-13)12(10-21-15)7-16(20)18-5-3-11(9-19)4-6-18/h1-2,8,10-11,19H,3-7,9H2. The Labute approximate surface area is 133 Å². The number of benzene rings is 1. The number of carbonyl (C=O) groups is 1. The van der Waals surface area contributed by atoms with Crippen molar-refractivity contribution in [1.29, 1.82) is 0 Å². The smallest absolute Gasteiger partial charge is 0.227 e.